The van der Waals surface area contributed by atoms with E-state index in [0.717, 1.165) is 0 Å². The molecule has 5 heteroatoms. The van der Waals surface area contributed by atoms with Gasteiger partial charge in [0.05, 0.1) is 16.3 Å². The Balaban J connectivity index is 2.66. The fourth-order valence-electron chi connectivity index (χ4n) is 1.71. The summed E-state index contributed by atoms with van der Waals surface area (Å²) < 4.78 is 23.7. The number of carbonyl (C=O) groups excluding carboxylic acids is 1. The number of amides is 1. The van der Waals surface area contributed by atoms with Gasteiger partial charge in [-0.15, -0.1) is 0 Å². The van der Waals surface area contributed by atoms with Crippen LogP contribution in [0.15, 0.2) is 29.2 Å². The molecule has 1 aromatic carbocycles. The average molecular weight is 237 g/mol. The molecule has 1 amide bonds. The summed E-state index contributed by atoms with van der Waals surface area (Å²) >= 11 is 0. The fourth-order valence-corrected chi connectivity index (χ4v) is 3.17. The van der Waals surface area contributed by atoms with Gasteiger partial charge in [-0.2, -0.15) is 0 Å². The van der Waals surface area contributed by atoms with Crippen LogP contribution in [0.1, 0.15) is 12.5 Å². The van der Waals surface area contributed by atoms with Crippen LogP contribution in [0.25, 0.3) is 6.08 Å². The molecule has 0 aromatic heterocycles. The van der Waals surface area contributed by atoms with Crippen molar-refractivity contribution in [2.75, 3.05) is 11.1 Å². The van der Waals surface area contributed by atoms with E-state index in [-0.39, 0.29) is 16.6 Å². The predicted octanol–water partition coefficient (Wildman–Crippen LogP) is 1.45. The van der Waals surface area contributed by atoms with E-state index >= 15 is 0 Å². The monoisotopic (exact) mass is 237 g/mol. The third-order valence-electron chi connectivity index (χ3n) is 2.28. The van der Waals surface area contributed by atoms with E-state index in [0.29, 0.717) is 11.3 Å². The normalized spacial score (nSPS) is 16.6. The average Bonchev–Trinajstić information content (AvgIpc) is 2.15. The molecule has 1 aliphatic rings. The second kappa shape index (κ2) is 3.75. The lowest BCUT2D eigenvalue weighted by Crippen LogP contribution is -2.15. The molecule has 0 bridgehead atoms. The first-order chi connectivity index (χ1) is 7.50. The number of nitrogens with one attached hydrogen (secondary N) is 1. The number of anilines is 1. The molecular weight excluding hydrogens is 226 g/mol. The van der Waals surface area contributed by atoms with Gasteiger partial charge in [-0.05, 0) is 11.6 Å². The van der Waals surface area contributed by atoms with Crippen molar-refractivity contribution in [3.8, 4) is 0 Å². The maximum absolute atomic E-state index is 11.9. The van der Waals surface area contributed by atoms with Gasteiger partial charge in [-0.3, -0.25) is 4.79 Å². The molecule has 0 unspecified atom stereocenters. The van der Waals surface area contributed by atoms with Gasteiger partial charge < -0.3 is 5.32 Å². The molecule has 0 radical (unpaired) electrons. The molecule has 0 spiro atoms. The minimum Gasteiger partial charge on any atom is -0.325 e. The lowest BCUT2D eigenvalue weighted by molar-refractivity contribution is -0.114. The van der Waals surface area contributed by atoms with Crippen LogP contribution in [0.2, 0.25) is 0 Å². The second-order valence-electron chi connectivity index (χ2n) is 3.59. The van der Waals surface area contributed by atoms with E-state index in [1.165, 1.54) is 6.92 Å². The predicted molar refractivity (Wildman–Crippen MR) is 61.8 cm³/mol. The minimum absolute atomic E-state index is 0.0173. The van der Waals surface area contributed by atoms with Gasteiger partial charge in [-0.1, -0.05) is 24.3 Å². The molecule has 0 atom stereocenters. The van der Waals surface area contributed by atoms with Gasteiger partial charge in [0.1, 0.15) is 0 Å². The lowest BCUT2D eigenvalue weighted by atomic mass is 10.2. The molecule has 0 saturated carbocycles. The molecule has 1 N–H and O–H groups in total. The highest BCUT2D eigenvalue weighted by molar-refractivity contribution is 7.91. The van der Waals surface area contributed by atoms with E-state index in [1.54, 1.807) is 30.4 Å². The van der Waals surface area contributed by atoms with Crippen molar-refractivity contribution >= 4 is 27.5 Å². The van der Waals surface area contributed by atoms with E-state index in [2.05, 4.69) is 5.32 Å². The third kappa shape index (κ3) is 1.86. The SMILES string of the molecule is CC(=O)Nc1cccc2c1S(=O)(=O)CC=C2. The van der Waals surface area contributed by atoms with Crippen LogP contribution in [0.5, 0.6) is 0 Å². The molecular formula is C11H11NO3S. The van der Waals surface area contributed by atoms with Gasteiger partial charge in [-0.25, -0.2) is 8.42 Å². The Morgan fingerprint density at radius 3 is 2.81 bits per heavy atom. The molecule has 16 heavy (non-hydrogen) atoms. The van der Waals surface area contributed by atoms with Crippen LogP contribution in [0, 0.1) is 0 Å². The van der Waals surface area contributed by atoms with Gasteiger partial charge in [0.15, 0.2) is 9.84 Å². The summed E-state index contributed by atoms with van der Waals surface area (Å²) in [6, 6.07) is 5.03. The van der Waals surface area contributed by atoms with Crippen LogP contribution in [0.3, 0.4) is 0 Å². The maximum atomic E-state index is 11.9. The van der Waals surface area contributed by atoms with Crippen LogP contribution < -0.4 is 5.32 Å². The number of benzene rings is 1. The molecule has 1 heterocycles. The Hall–Kier alpha value is -1.62. The summed E-state index contributed by atoms with van der Waals surface area (Å²) in [5.41, 5.74) is 0.979. The molecule has 0 fully saturated rings. The van der Waals surface area contributed by atoms with Crippen molar-refractivity contribution in [3.63, 3.8) is 0 Å². The quantitative estimate of drug-likeness (QED) is 0.804. The molecule has 0 aliphatic carbocycles. The second-order valence-corrected chi connectivity index (χ2v) is 5.56. The maximum Gasteiger partial charge on any atom is 0.221 e. The standard InChI is InChI=1S/C11H11NO3S/c1-8(13)12-10-6-2-4-9-5-3-7-16(14,15)11(9)10/h2-6H,7H2,1H3,(H,12,13). The summed E-state index contributed by atoms with van der Waals surface area (Å²) in [6.45, 7) is 1.35. The fraction of sp³-hybridized carbons (Fsp3) is 0.182. The first-order valence-corrected chi connectivity index (χ1v) is 6.46. The van der Waals surface area contributed by atoms with Gasteiger partial charge in [0.25, 0.3) is 0 Å². The zero-order chi connectivity index (χ0) is 11.8. The Kier molecular flexibility index (Phi) is 2.55. The van der Waals surface area contributed by atoms with E-state index < -0.39 is 9.84 Å². The Morgan fingerprint density at radius 2 is 2.12 bits per heavy atom. The summed E-state index contributed by atoms with van der Waals surface area (Å²) in [5.74, 6) is -0.297. The van der Waals surface area contributed by atoms with Crippen LogP contribution in [0.4, 0.5) is 5.69 Å². The van der Waals surface area contributed by atoms with Crippen LogP contribution >= 0.6 is 0 Å². The Labute approximate surface area is 93.9 Å². The van der Waals surface area contributed by atoms with E-state index in [9.17, 15) is 13.2 Å². The van der Waals surface area contributed by atoms with Crippen molar-refractivity contribution in [3.05, 3.63) is 29.8 Å². The molecule has 1 aliphatic heterocycles. The zero-order valence-electron chi connectivity index (χ0n) is 8.73. The van der Waals surface area contributed by atoms with Gasteiger partial charge in [0.2, 0.25) is 5.91 Å². The van der Waals surface area contributed by atoms with Gasteiger partial charge >= 0.3 is 0 Å². The van der Waals surface area contributed by atoms with Crippen molar-refractivity contribution < 1.29 is 13.2 Å². The minimum atomic E-state index is -3.32. The van der Waals surface area contributed by atoms with Crippen LogP contribution in [-0.2, 0) is 14.6 Å². The highest BCUT2D eigenvalue weighted by Gasteiger charge is 2.23. The highest BCUT2D eigenvalue weighted by Crippen LogP contribution is 2.30. The topological polar surface area (TPSA) is 63.2 Å². The smallest absolute Gasteiger partial charge is 0.221 e. The van der Waals surface area contributed by atoms with Crippen molar-refractivity contribution in [1.82, 2.24) is 0 Å². The lowest BCUT2D eigenvalue weighted by Gasteiger charge is -2.15. The van der Waals surface area contributed by atoms with Crippen molar-refractivity contribution in [2.24, 2.45) is 0 Å². The molecule has 4 nitrogen and oxygen atoms in total. The van der Waals surface area contributed by atoms with Crippen LogP contribution in [-0.4, -0.2) is 20.1 Å². The number of rotatable bonds is 1. The first-order valence-electron chi connectivity index (χ1n) is 4.80. The first kappa shape index (κ1) is 10.9. The van der Waals surface area contributed by atoms with E-state index in [1.807, 2.05) is 0 Å². The Morgan fingerprint density at radius 1 is 1.38 bits per heavy atom. The number of sulfone groups is 1. The highest BCUT2D eigenvalue weighted by atomic mass is 32.2. The number of hydrogen-bond acceptors (Lipinski definition) is 3. The number of carbonyl (C=O) groups is 1. The molecule has 84 valence electrons. The van der Waals surface area contributed by atoms with Gasteiger partial charge in [0, 0.05) is 6.92 Å². The summed E-state index contributed by atoms with van der Waals surface area (Å²) in [4.78, 5) is 11.2. The largest absolute Gasteiger partial charge is 0.325 e. The summed E-state index contributed by atoms with van der Waals surface area (Å²) in [6.07, 6.45) is 3.36. The number of fused-ring (bicyclic) bond motifs is 1. The summed E-state index contributed by atoms with van der Waals surface area (Å²) in [7, 11) is -3.32. The molecule has 0 saturated heterocycles. The molecule has 2 rings (SSSR count). The van der Waals surface area contributed by atoms with Crippen molar-refractivity contribution in [1.29, 1.82) is 0 Å². The molecule has 1 aromatic rings. The summed E-state index contributed by atoms with van der Waals surface area (Å²) in [5, 5.41) is 2.54. The third-order valence-corrected chi connectivity index (χ3v) is 3.99. The van der Waals surface area contributed by atoms with Crippen molar-refractivity contribution in [2.45, 2.75) is 11.8 Å². The zero-order valence-corrected chi connectivity index (χ0v) is 9.54. The number of hydrogen-bond donors (Lipinski definition) is 1. The Bertz CT molecular complexity index is 573. The van der Waals surface area contributed by atoms with E-state index in [4.69, 9.17) is 0 Å².